The minimum absolute atomic E-state index is 0.239. The van der Waals surface area contributed by atoms with Crippen LogP contribution in [0.1, 0.15) is 17.0 Å². The topological polar surface area (TPSA) is 74.3 Å². The molecule has 7 rings (SSSR count). The van der Waals surface area contributed by atoms with Crippen LogP contribution in [0, 0.1) is 0 Å². The van der Waals surface area contributed by atoms with Gasteiger partial charge in [-0.15, -0.1) is 0 Å². The fourth-order valence-corrected chi connectivity index (χ4v) is 8.59. The molecule has 0 aliphatic carbocycles. The zero-order valence-electron chi connectivity index (χ0n) is 19.0. The molecule has 6 nitrogen and oxygen atoms in total. The first kappa shape index (κ1) is 22.2. The van der Waals surface area contributed by atoms with Crippen molar-refractivity contribution < 1.29 is 9.59 Å². The van der Waals surface area contributed by atoms with Crippen LogP contribution >= 0.6 is 35.6 Å². The predicted molar refractivity (Wildman–Crippen MR) is 147 cm³/mol. The number of carbonyl (C=O) groups excluding carboxylic acids is 2. The van der Waals surface area contributed by atoms with Crippen molar-refractivity contribution in [2.24, 2.45) is 0 Å². The lowest BCUT2D eigenvalue weighted by Crippen LogP contribution is -2.61. The number of thiocarbonyl (C=S) groups is 1. The maximum atomic E-state index is 13.9. The van der Waals surface area contributed by atoms with Gasteiger partial charge in [-0.25, -0.2) is 4.98 Å². The average molecular weight is 531 g/mol. The molecule has 3 unspecified atom stereocenters. The van der Waals surface area contributed by atoms with Crippen LogP contribution in [-0.4, -0.2) is 44.4 Å². The van der Waals surface area contributed by atoms with E-state index in [1.165, 1.54) is 11.8 Å². The van der Waals surface area contributed by atoms with Gasteiger partial charge in [0.25, 0.3) is 5.91 Å². The van der Waals surface area contributed by atoms with Crippen molar-refractivity contribution in [2.45, 2.75) is 16.2 Å². The van der Waals surface area contributed by atoms with Gasteiger partial charge in [-0.2, -0.15) is 0 Å². The minimum atomic E-state index is -1.26. The van der Waals surface area contributed by atoms with Gasteiger partial charge in [0.15, 0.2) is 5.54 Å². The number of nitrogens with one attached hydrogen (secondary N) is 2. The van der Waals surface area contributed by atoms with E-state index in [1.807, 2.05) is 72.6 Å². The van der Waals surface area contributed by atoms with Gasteiger partial charge in [-0.3, -0.25) is 14.5 Å². The highest BCUT2D eigenvalue weighted by Crippen LogP contribution is 2.64. The lowest BCUT2D eigenvalue weighted by atomic mass is 9.72. The number of likely N-dealkylation sites (N-methyl/N-ethyl adjacent to an activating group) is 1. The van der Waals surface area contributed by atoms with Gasteiger partial charge < -0.3 is 10.6 Å². The standard InChI is InChI=1S/C27H19ClN4O2S2/c1-32-13-19(17-12-15-11-10-14-6-2-3-7-16(14)21(15)30-22(17)28)27(24(34)31-25(35)36-27)26(32)18-8-4-5-9-20(18)29-23(26)33/h2-12,19H,13H2,1H3,(H,29,33)(H,31,34,35). The van der Waals surface area contributed by atoms with Crippen molar-refractivity contribution >= 4 is 79.1 Å². The summed E-state index contributed by atoms with van der Waals surface area (Å²) in [5.74, 6) is -0.967. The van der Waals surface area contributed by atoms with Crippen molar-refractivity contribution in [3.8, 4) is 0 Å². The lowest BCUT2D eigenvalue weighted by Gasteiger charge is -2.41. The molecule has 2 N–H and O–H groups in total. The van der Waals surface area contributed by atoms with Crippen LogP contribution in [0.25, 0.3) is 21.7 Å². The van der Waals surface area contributed by atoms with Crippen molar-refractivity contribution in [3.63, 3.8) is 0 Å². The van der Waals surface area contributed by atoms with E-state index in [9.17, 15) is 9.59 Å². The Bertz CT molecular complexity index is 1680. The molecule has 4 aromatic rings. The molecule has 2 spiro atoms. The zero-order valence-corrected chi connectivity index (χ0v) is 21.4. The summed E-state index contributed by atoms with van der Waals surface area (Å²) >= 11 is 13.7. The number of carbonyl (C=O) groups is 2. The summed E-state index contributed by atoms with van der Waals surface area (Å²) in [5, 5.41) is 9.19. The first-order valence-electron chi connectivity index (χ1n) is 11.5. The molecule has 4 heterocycles. The van der Waals surface area contributed by atoms with Crippen LogP contribution in [0.4, 0.5) is 5.69 Å². The second-order valence-corrected chi connectivity index (χ2v) is 11.7. The van der Waals surface area contributed by atoms with E-state index in [0.29, 0.717) is 21.7 Å². The maximum absolute atomic E-state index is 13.9. The Labute approximate surface area is 221 Å². The number of anilines is 1. The highest BCUT2D eigenvalue weighted by atomic mass is 35.5. The number of nitrogens with zero attached hydrogens (tertiary/aromatic N) is 2. The third-order valence-corrected chi connectivity index (χ3v) is 9.85. The van der Waals surface area contributed by atoms with Crippen molar-refractivity contribution in [3.05, 3.63) is 83.0 Å². The van der Waals surface area contributed by atoms with Crippen molar-refractivity contribution in [2.75, 3.05) is 18.9 Å². The number of halogens is 1. The van der Waals surface area contributed by atoms with Gasteiger partial charge in [-0.1, -0.05) is 90.2 Å². The zero-order chi connectivity index (χ0) is 24.8. The molecule has 2 fully saturated rings. The highest BCUT2D eigenvalue weighted by Gasteiger charge is 2.76. The number of aromatic nitrogens is 1. The average Bonchev–Trinajstić information content (AvgIpc) is 3.44. The molecular weight excluding hydrogens is 512 g/mol. The predicted octanol–water partition coefficient (Wildman–Crippen LogP) is 4.80. The number of benzene rings is 3. The minimum Gasteiger partial charge on any atom is -0.324 e. The number of thioether (sulfide) groups is 1. The number of hydrogen-bond acceptors (Lipinski definition) is 6. The van der Waals surface area contributed by atoms with Gasteiger partial charge in [-0.05, 0) is 30.1 Å². The van der Waals surface area contributed by atoms with Crippen LogP contribution in [0.15, 0.2) is 66.7 Å². The Balaban J connectivity index is 1.51. The molecule has 3 aliphatic rings. The normalized spacial score (nSPS) is 27.4. The summed E-state index contributed by atoms with van der Waals surface area (Å²) in [6.07, 6.45) is 0. The van der Waals surface area contributed by atoms with Gasteiger partial charge in [0.2, 0.25) is 5.91 Å². The number of fused-ring (bicyclic) bond motifs is 6. The summed E-state index contributed by atoms with van der Waals surface area (Å²) in [6.45, 7) is 0.422. The fourth-order valence-electron chi connectivity index (χ4n) is 6.40. The molecule has 1 aromatic heterocycles. The maximum Gasteiger partial charge on any atom is 0.251 e. The van der Waals surface area contributed by atoms with Gasteiger partial charge in [0.1, 0.15) is 14.2 Å². The SMILES string of the molecule is CN1CC(c2cc3ccc4ccccc4c3nc2Cl)C2(SC(=S)NC2=O)C12C(=O)Nc1ccccc12. The third-order valence-electron chi connectivity index (χ3n) is 7.82. The summed E-state index contributed by atoms with van der Waals surface area (Å²) in [6, 6.07) is 21.7. The van der Waals surface area contributed by atoms with Crippen LogP contribution < -0.4 is 10.6 Å². The Kier molecular flexibility index (Phi) is 4.61. The summed E-state index contributed by atoms with van der Waals surface area (Å²) in [4.78, 5) is 34.6. The highest BCUT2D eigenvalue weighted by molar-refractivity contribution is 8.25. The monoisotopic (exact) mass is 530 g/mol. The number of rotatable bonds is 1. The molecule has 36 heavy (non-hydrogen) atoms. The van der Waals surface area contributed by atoms with E-state index < -0.39 is 16.2 Å². The Morgan fingerprint density at radius 2 is 1.78 bits per heavy atom. The van der Waals surface area contributed by atoms with Crippen molar-refractivity contribution in [1.82, 2.24) is 15.2 Å². The number of pyridine rings is 1. The van der Waals surface area contributed by atoms with Gasteiger partial charge in [0, 0.05) is 34.5 Å². The first-order chi connectivity index (χ1) is 17.4. The van der Waals surface area contributed by atoms with Crippen LogP contribution in [0.2, 0.25) is 5.15 Å². The summed E-state index contributed by atoms with van der Waals surface area (Å²) < 4.78 is -0.904. The number of amides is 2. The molecule has 3 aliphatic heterocycles. The number of hydrogen-bond donors (Lipinski definition) is 2. The second kappa shape index (κ2) is 7.49. The molecule has 3 atom stereocenters. The fraction of sp³-hybridized carbons (Fsp3) is 0.185. The van der Waals surface area contributed by atoms with E-state index in [1.54, 1.807) is 0 Å². The number of para-hydroxylation sites is 1. The van der Waals surface area contributed by atoms with Crippen LogP contribution in [-0.2, 0) is 15.1 Å². The Hall–Kier alpha value is -3.04. The second-order valence-electron chi connectivity index (χ2n) is 9.45. The first-order valence-corrected chi connectivity index (χ1v) is 13.1. The molecule has 0 radical (unpaired) electrons. The third kappa shape index (κ3) is 2.57. The Morgan fingerprint density at radius 1 is 1.03 bits per heavy atom. The smallest absolute Gasteiger partial charge is 0.251 e. The van der Waals surface area contributed by atoms with E-state index >= 15 is 0 Å². The number of likely N-dealkylation sites (tertiary alicyclic amines) is 1. The summed E-state index contributed by atoms with van der Waals surface area (Å²) in [5.41, 5.74) is 1.75. The molecule has 2 saturated heterocycles. The molecule has 0 saturated carbocycles. The summed E-state index contributed by atoms with van der Waals surface area (Å²) in [7, 11) is 1.88. The van der Waals surface area contributed by atoms with E-state index in [2.05, 4.69) is 16.7 Å². The van der Waals surface area contributed by atoms with E-state index in [0.717, 1.165) is 32.8 Å². The molecule has 3 aromatic carbocycles. The van der Waals surface area contributed by atoms with Crippen molar-refractivity contribution in [1.29, 1.82) is 0 Å². The molecule has 0 bridgehead atoms. The lowest BCUT2D eigenvalue weighted by molar-refractivity contribution is -0.133. The quantitative estimate of drug-likeness (QED) is 0.209. The van der Waals surface area contributed by atoms with Crippen LogP contribution in [0.3, 0.4) is 0 Å². The Morgan fingerprint density at radius 3 is 2.58 bits per heavy atom. The molecule has 9 heteroatoms. The van der Waals surface area contributed by atoms with Gasteiger partial charge in [0.05, 0.1) is 5.52 Å². The van der Waals surface area contributed by atoms with Crippen LogP contribution in [0.5, 0.6) is 0 Å². The van der Waals surface area contributed by atoms with E-state index in [4.69, 9.17) is 28.8 Å². The van der Waals surface area contributed by atoms with E-state index in [-0.39, 0.29) is 11.8 Å². The van der Waals surface area contributed by atoms with Gasteiger partial charge >= 0.3 is 0 Å². The molecule has 2 amide bonds. The largest absolute Gasteiger partial charge is 0.324 e. The molecule has 178 valence electrons. The molecular formula is C27H19ClN4O2S2.